The molecule has 28 heavy (non-hydrogen) atoms. The maximum atomic E-state index is 13.1. The maximum Gasteiger partial charge on any atom is 0.290 e. The van der Waals surface area contributed by atoms with Crippen LogP contribution in [0.1, 0.15) is 21.7 Å². The Hall–Kier alpha value is -2.57. The minimum absolute atomic E-state index is 0.207. The Morgan fingerprint density at radius 3 is 2.61 bits per heavy atom. The highest BCUT2D eigenvalue weighted by Crippen LogP contribution is 2.29. The van der Waals surface area contributed by atoms with Gasteiger partial charge in [-0.15, -0.1) is 0 Å². The molecule has 0 saturated heterocycles. The lowest BCUT2D eigenvalue weighted by Gasteiger charge is -2.35. The molecule has 1 aromatic heterocycles. The number of amides is 2. The summed E-state index contributed by atoms with van der Waals surface area (Å²) in [6, 6.07) is 15.6. The molecule has 5 nitrogen and oxygen atoms in total. The molecule has 1 N–H and O–H groups in total. The van der Waals surface area contributed by atoms with Gasteiger partial charge in [0.1, 0.15) is 6.04 Å². The number of carbonyl (C=O) groups excluding carboxylic acids is 2. The molecule has 0 radical (unpaired) electrons. The molecule has 7 heteroatoms. The van der Waals surface area contributed by atoms with E-state index in [1.165, 1.54) is 6.26 Å². The summed E-state index contributed by atoms with van der Waals surface area (Å²) in [7, 11) is 0. The molecule has 0 bridgehead atoms. The van der Waals surface area contributed by atoms with E-state index in [4.69, 9.17) is 16.0 Å². The van der Waals surface area contributed by atoms with Crippen LogP contribution < -0.4 is 5.32 Å². The van der Waals surface area contributed by atoms with Crippen LogP contribution in [0, 0.1) is 0 Å². The fourth-order valence-corrected chi connectivity index (χ4v) is 4.04. The van der Waals surface area contributed by atoms with Crippen molar-refractivity contribution in [3.8, 4) is 0 Å². The fraction of sp³-hybridized carbons (Fsp3) is 0.143. The number of nitrogens with zero attached hydrogens (tertiary/aromatic N) is 1. The standard InChI is InChI=1S/C21H16BrClN2O3/c22-15-7-8-17(16(23)11-15)24-20(26)18-10-13-4-1-2-5-14(13)12-25(18)21(27)19-6-3-9-28-19/h1-9,11,18H,10,12H2,(H,24,26). The molecule has 1 unspecified atom stereocenters. The zero-order valence-corrected chi connectivity index (χ0v) is 17.0. The molecular weight excluding hydrogens is 444 g/mol. The van der Waals surface area contributed by atoms with E-state index >= 15 is 0 Å². The number of carbonyl (C=O) groups is 2. The lowest BCUT2D eigenvalue weighted by molar-refractivity contribution is -0.121. The zero-order valence-electron chi connectivity index (χ0n) is 14.7. The number of anilines is 1. The van der Waals surface area contributed by atoms with Crippen LogP contribution in [-0.4, -0.2) is 22.8 Å². The summed E-state index contributed by atoms with van der Waals surface area (Å²) in [5.74, 6) is -0.404. The third-order valence-corrected chi connectivity index (χ3v) is 5.54. The molecule has 1 atom stereocenters. The molecule has 0 aliphatic carbocycles. The molecule has 2 amide bonds. The smallest absolute Gasteiger partial charge is 0.290 e. The topological polar surface area (TPSA) is 62.6 Å². The first-order valence-electron chi connectivity index (χ1n) is 8.70. The summed E-state index contributed by atoms with van der Waals surface area (Å²) < 4.78 is 6.08. The van der Waals surface area contributed by atoms with Gasteiger partial charge in [-0.05, 0) is 41.5 Å². The summed E-state index contributed by atoms with van der Waals surface area (Å²) >= 11 is 9.58. The molecule has 0 saturated carbocycles. The second-order valence-electron chi connectivity index (χ2n) is 6.51. The first kappa shape index (κ1) is 18.8. The van der Waals surface area contributed by atoms with Crippen molar-refractivity contribution >= 4 is 45.0 Å². The van der Waals surface area contributed by atoms with E-state index in [-0.39, 0.29) is 17.6 Å². The van der Waals surface area contributed by atoms with E-state index in [2.05, 4.69) is 21.2 Å². The predicted molar refractivity (Wildman–Crippen MR) is 110 cm³/mol. The molecule has 0 spiro atoms. The molecule has 1 aliphatic heterocycles. The van der Waals surface area contributed by atoms with Crippen molar-refractivity contribution in [2.45, 2.75) is 19.0 Å². The molecule has 2 aromatic carbocycles. The Balaban J connectivity index is 1.65. The van der Waals surface area contributed by atoms with Gasteiger partial charge in [0.05, 0.1) is 17.0 Å². The summed E-state index contributed by atoms with van der Waals surface area (Å²) in [5, 5.41) is 3.27. The van der Waals surface area contributed by atoms with Gasteiger partial charge in [0.15, 0.2) is 5.76 Å². The average molecular weight is 460 g/mol. The first-order valence-corrected chi connectivity index (χ1v) is 9.87. The third-order valence-electron chi connectivity index (χ3n) is 4.73. The van der Waals surface area contributed by atoms with Gasteiger partial charge in [0.2, 0.25) is 5.91 Å². The summed E-state index contributed by atoms with van der Waals surface area (Å²) in [6.07, 6.45) is 1.87. The van der Waals surface area contributed by atoms with Crippen molar-refractivity contribution in [1.29, 1.82) is 0 Å². The van der Waals surface area contributed by atoms with E-state index in [0.29, 0.717) is 23.7 Å². The van der Waals surface area contributed by atoms with Gasteiger partial charge in [-0.2, -0.15) is 0 Å². The molecule has 142 valence electrons. The highest BCUT2D eigenvalue weighted by molar-refractivity contribution is 9.10. The largest absolute Gasteiger partial charge is 0.459 e. The molecule has 3 aromatic rings. The second-order valence-corrected chi connectivity index (χ2v) is 7.84. The van der Waals surface area contributed by atoms with Crippen LogP contribution >= 0.6 is 27.5 Å². The number of hydrogen-bond donors (Lipinski definition) is 1. The SMILES string of the molecule is O=C(Nc1ccc(Br)cc1Cl)C1Cc2ccccc2CN1C(=O)c1ccco1. The van der Waals surface area contributed by atoms with Crippen LogP contribution in [0.5, 0.6) is 0 Å². The van der Waals surface area contributed by atoms with E-state index in [9.17, 15) is 9.59 Å². The quantitative estimate of drug-likeness (QED) is 0.606. The van der Waals surface area contributed by atoms with Crippen LogP contribution in [0.3, 0.4) is 0 Å². The minimum atomic E-state index is -0.674. The van der Waals surface area contributed by atoms with Gasteiger partial charge in [0, 0.05) is 17.4 Å². The third kappa shape index (κ3) is 3.70. The Bertz CT molecular complexity index is 1040. The lowest BCUT2D eigenvalue weighted by Crippen LogP contribution is -2.50. The van der Waals surface area contributed by atoms with Gasteiger partial charge < -0.3 is 14.6 Å². The van der Waals surface area contributed by atoms with Gasteiger partial charge >= 0.3 is 0 Å². The summed E-state index contributed by atoms with van der Waals surface area (Å²) in [5.41, 5.74) is 2.57. The number of fused-ring (bicyclic) bond motifs is 1. The Kier molecular flexibility index (Phi) is 5.24. The van der Waals surface area contributed by atoms with Gasteiger partial charge in [-0.25, -0.2) is 0 Å². The van der Waals surface area contributed by atoms with Gasteiger partial charge in [0.25, 0.3) is 5.91 Å². The van der Waals surface area contributed by atoms with Crippen molar-refractivity contribution in [3.05, 3.63) is 87.2 Å². The lowest BCUT2D eigenvalue weighted by atomic mass is 9.93. The van der Waals surface area contributed by atoms with E-state index in [0.717, 1.165) is 15.6 Å². The van der Waals surface area contributed by atoms with Crippen molar-refractivity contribution in [3.63, 3.8) is 0 Å². The number of benzene rings is 2. The second kappa shape index (κ2) is 7.81. The first-order chi connectivity index (χ1) is 13.5. The molecule has 4 rings (SSSR count). The number of halogens is 2. The monoisotopic (exact) mass is 458 g/mol. The molecular formula is C21H16BrClN2O3. The van der Waals surface area contributed by atoms with Gasteiger partial charge in [-0.3, -0.25) is 9.59 Å². The number of hydrogen-bond acceptors (Lipinski definition) is 3. The van der Waals surface area contributed by atoms with Crippen molar-refractivity contribution in [1.82, 2.24) is 4.90 Å². The number of furan rings is 1. The van der Waals surface area contributed by atoms with Crippen molar-refractivity contribution in [2.75, 3.05) is 5.32 Å². The molecule has 2 heterocycles. The van der Waals surface area contributed by atoms with Gasteiger partial charge in [-0.1, -0.05) is 51.8 Å². The van der Waals surface area contributed by atoms with E-state index in [1.54, 1.807) is 35.2 Å². The number of rotatable bonds is 3. The Labute approximate surface area is 175 Å². The Morgan fingerprint density at radius 1 is 1.11 bits per heavy atom. The minimum Gasteiger partial charge on any atom is -0.459 e. The fourth-order valence-electron chi connectivity index (χ4n) is 3.32. The number of nitrogens with one attached hydrogen (secondary N) is 1. The van der Waals surface area contributed by atoms with E-state index in [1.807, 2.05) is 24.3 Å². The normalized spacial score (nSPS) is 15.8. The molecule has 1 aliphatic rings. The van der Waals surface area contributed by atoms with E-state index < -0.39 is 6.04 Å². The predicted octanol–water partition coefficient (Wildman–Crippen LogP) is 4.90. The summed E-state index contributed by atoms with van der Waals surface area (Å²) in [4.78, 5) is 27.6. The average Bonchev–Trinajstić information content (AvgIpc) is 3.23. The highest BCUT2D eigenvalue weighted by Gasteiger charge is 2.36. The van der Waals surface area contributed by atoms with Crippen molar-refractivity contribution in [2.24, 2.45) is 0 Å². The van der Waals surface area contributed by atoms with Crippen LogP contribution in [0.25, 0.3) is 0 Å². The summed E-state index contributed by atoms with van der Waals surface area (Å²) in [6.45, 7) is 0.335. The Morgan fingerprint density at radius 2 is 1.89 bits per heavy atom. The maximum absolute atomic E-state index is 13.1. The van der Waals surface area contributed by atoms with Crippen LogP contribution in [0.4, 0.5) is 5.69 Å². The van der Waals surface area contributed by atoms with Crippen LogP contribution in [0.15, 0.2) is 69.8 Å². The zero-order chi connectivity index (χ0) is 19.7. The molecule has 0 fully saturated rings. The highest BCUT2D eigenvalue weighted by atomic mass is 79.9. The van der Waals surface area contributed by atoms with Crippen LogP contribution in [0.2, 0.25) is 5.02 Å². The van der Waals surface area contributed by atoms with Crippen molar-refractivity contribution < 1.29 is 14.0 Å². The van der Waals surface area contributed by atoms with Crippen LogP contribution in [-0.2, 0) is 17.8 Å².